The van der Waals surface area contributed by atoms with Gasteiger partial charge in [0.25, 0.3) is 17.5 Å². The zero-order valence-corrected chi connectivity index (χ0v) is 16.7. The number of nitro benzene ring substituents is 1. The van der Waals surface area contributed by atoms with Crippen LogP contribution in [0.3, 0.4) is 0 Å². The Bertz CT molecular complexity index is 1030. The number of amides is 3. The first-order valence-electron chi connectivity index (χ1n) is 10.1. The SMILES string of the molecule is O=C(NC[C@H]1CCCO1)[C@H](Cc1ccccc1)N1C(=O)c2cccc([N+](=O)[O-])c2C1=O. The van der Waals surface area contributed by atoms with Crippen molar-refractivity contribution in [3.63, 3.8) is 0 Å². The summed E-state index contributed by atoms with van der Waals surface area (Å²) in [6, 6.07) is 11.8. The maximum absolute atomic E-state index is 13.1. The van der Waals surface area contributed by atoms with Gasteiger partial charge >= 0.3 is 0 Å². The van der Waals surface area contributed by atoms with E-state index in [9.17, 15) is 24.5 Å². The first kappa shape index (κ1) is 20.7. The van der Waals surface area contributed by atoms with Crippen LogP contribution < -0.4 is 5.32 Å². The summed E-state index contributed by atoms with van der Waals surface area (Å²) < 4.78 is 5.52. The number of carbonyl (C=O) groups is 3. The summed E-state index contributed by atoms with van der Waals surface area (Å²) in [5.74, 6) is -2.05. The number of nitrogens with one attached hydrogen (secondary N) is 1. The van der Waals surface area contributed by atoms with Crippen LogP contribution in [0.5, 0.6) is 0 Å². The summed E-state index contributed by atoms with van der Waals surface area (Å²) in [4.78, 5) is 50.8. The van der Waals surface area contributed by atoms with E-state index in [4.69, 9.17) is 4.74 Å². The Kier molecular flexibility index (Phi) is 5.77. The van der Waals surface area contributed by atoms with Gasteiger partial charge in [-0.15, -0.1) is 0 Å². The zero-order valence-electron chi connectivity index (χ0n) is 16.7. The monoisotopic (exact) mass is 423 g/mol. The lowest BCUT2D eigenvalue weighted by molar-refractivity contribution is -0.385. The summed E-state index contributed by atoms with van der Waals surface area (Å²) >= 11 is 0. The topological polar surface area (TPSA) is 119 Å². The van der Waals surface area contributed by atoms with Crippen molar-refractivity contribution in [2.24, 2.45) is 0 Å². The number of hydrogen-bond donors (Lipinski definition) is 1. The summed E-state index contributed by atoms with van der Waals surface area (Å²) in [7, 11) is 0. The van der Waals surface area contributed by atoms with Gasteiger partial charge in [-0.1, -0.05) is 36.4 Å². The van der Waals surface area contributed by atoms with Crippen LogP contribution in [0.4, 0.5) is 5.69 Å². The average Bonchev–Trinajstić information content (AvgIpc) is 3.38. The maximum atomic E-state index is 13.1. The van der Waals surface area contributed by atoms with Crippen LogP contribution in [0.15, 0.2) is 48.5 Å². The van der Waals surface area contributed by atoms with E-state index in [1.807, 2.05) is 6.07 Å². The normalized spacial score (nSPS) is 18.7. The van der Waals surface area contributed by atoms with Crippen LogP contribution in [0, 0.1) is 10.1 Å². The second kappa shape index (κ2) is 8.65. The van der Waals surface area contributed by atoms with Crippen molar-refractivity contribution in [3.05, 3.63) is 75.3 Å². The number of nitrogens with zero attached hydrogens (tertiary/aromatic N) is 2. The van der Waals surface area contributed by atoms with Crippen LogP contribution in [0.2, 0.25) is 0 Å². The van der Waals surface area contributed by atoms with Crippen LogP contribution in [-0.4, -0.2) is 52.8 Å². The molecule has 0 spiro atoms. The molecule has 1 fully saturated rings. The molecule has 0 radical (unpaired) electrons. The fourth-order valence-corrected chi connectivity index (χ4v) is 4.00. The lowest BCUT2D eigenvalue weighted by Crippen LogP contribution is -2.51. The molecule has 1 N–H and O–H groups in total. The smallest absolute Gasteiger partial charge is 0.282 e. The van der Waals surface area contributed by atoms with Gasteiger partial charge in [0, 0.05) is 25.6 Å². The summed E-state index contributed by atoms with van der Waals surface area (Å²) in [6.07, 6.45) is 1.72. The van der Waals surface area contributed by atoms with Gasteiger partial charge in [0.2, 0.25) is 5.91 Å². The van der Waals surface area contributed by atoms with Gasteiger partial charge in [0.1, 0.15) is 11.6 Å². The molecule has 31 heavy (non-hydrogen) atoms. The van der Waals surface area contributed by atoms with E-state index in [2.05, 4.69) is 5.32 Å². The molecule has 0 aromatic heterocycles. The molecule has 2 heterocycles. The highest BCUT2D eigenvalue weighted by Gasteiger charge is 2.46. The highest BCUT2D eigenvalue weighted by Crippen LogP contribution is 2.32. The fraction of sp³-hybridized carbons (Fsp3) is 0.318. The minimum Gasteiger partial charge on any atom is -0.376 e. The van der Waals surface area contributed by atoms with Gasteiger partial charge < -0.3 is 10.1 Å². The standard InChI is InChI=1S/C22H21N3O6/c26-20(23-13-15-8-5-11-31-15)18(12-14-6-2-1-3-7-14)24-21(27)16-9-4-10-17(25(29)30)19(16)22(24)28/h1-4,6-7,9-10,15,18H,5,8,11-13H2,(H,23,26)/t15-,18+/m1/s1. The highest BCUT2D eigenvalue weighted by molar-refractivity contribution is 6.24. The number of fused-ring (bicyclic) bond motifs is 1. The number of carbonyl (C=O) groups excluding carboxylic acids is 3. The quantitative estimate of drug-likeness (QED) is 0.414. The third-order valence-electron chi connectivity index (χ3n) is 5.54. The van der Waals surface area contributed by atoms with Crippen molar-refractivity contribution < 1.29 is 24.0 Å². The predicted molar refractivity (Wildman–Crippen MR) is 110 cm³/mol. The third-order valence-corrected chi connectivity index (χ3v) is 5.54. The Morgan fingerprint density at radius 2 is 1.94 bits per heavy atom. The van der Waals surface area contributed by atoms with Gasteiger partial charge in [0.15, 0.2) is 0 Å². The van der Waals surface area contributed by atoms with E-state index in [0.717, 1.165) is 23.3 Å². The second-order valence-electron chi connectivity index (χ2n) is 7.52. The van der Waals surface area contributed by atoms with E-state index in [1.165, 1.54) is 18.2 Å². The Hall–Kier alpha value is -3.59. The van der Waals surface area contributed by atoms with Gasteiger partial charge in [0.05, 0.1) is 16.6 Å². The molecule has 9 heteroatoms. The Morgan fingerprint density at radius 1 is 1.16 bits per heavy atom. The number of imide groups is 1. The molecule has 1 saturated heterocycles. The number of benzene rings is 2. The second-order valence-corrected chi connectivity index (χ2v) is 7.52. The van der Waals surface area contributed by atoms with E-state index in [1.54, 1.807) is 24.3 Å². The predicted octanol–water partition coefficient (Wildman–Crippen LogP) is 2.10. The molecule has 0 saturated carbocycles. The molecule has 9 nitrogen and oxygen atoms in total. The van der Waals surface area contributed by atoms with Crippen LogP contribution >= 0.6 is 0 Å². The maximum Gasteiger partial charge on any atom is 0.282 e. The number of ether oxygens (including phenoxy) is 1. The van der Waals surface area contributed by atoms with Crippen molar-refractivity contribution >= 4 is 23.4 Å². The minimum absolute atomic E-state index is 0.0656. The van der Waals surface area contributed by atoms with E-state index >= 15 is 0 Å². The third kappa shape index (κ3) is 4.04. The van der Waals surface area contributed by atoms with E-state index < -0.39 is 34.4 Å². The fourth-order valence-electron chi connectivity index (χ4n) is 4.00. The summed E-state index contributed by atoms with van der Waals surface area (Å²) in [5, 5.41) is 14.2. The van der Waals surface area contributed by atoms with Crippen LogP contribution in [0.1, 0.15) is 39.1 Å². The number of hydrogen-bond acceptors (Lipinski definition) is 6. The lowest BCUT2D eigenvalue weighted by atomic mass is 10.0. The van der Waals surface area contributed by atoms with Gasteiger partial charge in [-0.2, -0.15) is 0 Å². The number of rotatable bonds is 7. The number of nitro groups is 1. The molecular weight excluding hydrogens is 402 g/mol. The Balaban J connectivity index is 1.65. The molecule has 2 aliphatic rings. The molecule has 2 aliphatic heterocycles. The van der Waals surface area contributed by atoms with E-state index in [-0.39, 0.29) is 30.2 Å². The molecule has 3 amide bonds. The average molecular weight is 423 g/mol. The Labute approximate surface area is 178 Å². The van der Waals surface area contributed by atoms with Crippen LogP contribution in [0.25, 0.3) is 0 Å². The van der Waals surface area contributed by atoms with Crippen molar-refractivity contribution in [1.29, 1.82) is 0 Å². The van der Waals surface area contributed by atoms with Crippen LogP contribution in [-0.2, 0) is 16.0 Å². The van der Waals surface area contributed by atoms with Crippen molar-refractivity contribution in [2.75, 3.05) is 13.2 Å². The van der Waals surface area contributed by atoms with Gasteiger partial charge in [-0.25, -0.2) is 0 Å². The molecule has 0 aliphatic carbocycles. The van der Waals surface area contributed by atoms with Gasteiger partial charge in [-0.3, -0.25) is 29.4 Å². The Morgan fingerprint density at radius 3 is 2.61 bits per heavy atom. The highest BCUT2D eigenvalue weighted by atomic mass is 16.6. The lowest BCUT2D eigenvalue weighted by Gasteiger charge is -2.26. The molecule has 4 rings (SSSR count). The first-order valence-corrected chi connectivity index (χ1v) is 10.1. The zero-order chi connectivity index (χ0) is 22.0. The summed E-state index contributed by atoms with van der Waals surface area (Å²) in [6.45, 7) is 0.906. The molecular formula is C22H21N3O6. The molecule has 2 aromatic carbocycles. The molecule has 0 bridgehead atoms. The molecule has 2 atom stereocenters. The van der Waals surface area contributed by atoms with Gasteiger partial charge in [-0.05, 0) is 24.5 Å². The van der Waals surface area contributed by atoms with E-state index in [0.29, 0.717) is 6.61 Å². The minimum atomic E-state index is -1.14. The molecule has 2 aromatic rings. The van der Waals surface area contributed by atoms with Crippen molar-refractivity contribution in [2.45, 2.75) is 31.4 Å². The largest absolute Gasteiger partial charge is 0.376 e. The van der Waals surface area contributed by atoms with Crippen molar-refractivity contribution in [1.82, 2.24) is 10.2 Å². The molecule has 0 unspecified atom stereocenters. The van der Waals surface area contributed by atoms with Crippen molar-refractivity contribution in [3.8, 4) is 0 Å². The summed E-state index contributed by atoms with van der Waals surface area (Å²) in [5.41, 5.74) is -0.0333. The first-order chi connectivity index (χ1) is 15.0. The molecule has 160 valence electrons.